The summed E-state index contributed by atoms with van der Waals surface area (Å²) in [6.45, 7) is 0. The molecule has 1 aliphatic rings. The molecule has 0 saturated carbocycles. The molecule has 0 fully saturated rings. The molecule has 1 N–H and O–H groups in total. The van der Waals surface area contributed by atoms with E-state index in [0.717, 1.165) is 29.3 Å². The lowest BCUT2D eigenvalue weighted by atomic mass is 10.1. The van der Waals surface area contributed by atoms with Gasteiger partial charge in [0, 0.05) is 5.02 Å². The molecule has 0 aliphatic heterocycles. The molecule has 0 radical (unpaired) electrons. The Morgan fingerprint density at radius 2 is 2.05 bits per heavy atom. The standard InChI is InChI=1S/C16H16ClNO/c1-19-16-9-7-12(17)10-15(16)18-14-8-6-11-4-2-3-5-13(11)14/h2-5,7,9-10,14,18H,6,8H2,1H3. The van der Waals surface area contributed by atoms with E-state index in [4.69, 9.17) is 16.3 Å². The van der Waals surface area contributed by atoms with Crippen LogP contribution in [0.5, 0.6) is 5.75 Å². The summed E-state index contributed by atoms with van der Waals surface area (Å²) in [6.07, 6.45) is 2.23. The number of hydrogen-bond donors (Lipinski definition) is 1. The largest absolute Gasteiger partial charge is 0.495 e. The highest BCUT2D eigenvalue weighted by Crippen LogP contribution is 2.37. The lowest BCUT2D eigenvalue weighted by Crippen LogP contribution is -2.08. The molecule has 0 heterocycles. The van der Waals surface area contributed by atoms with Crippen LogP contribution in [0.4, 0.5) is 5.69 Å². The second-order valence-corrected chi connectivity index (χ2v) is 5.22. The smallest absolute Gasteiger partial charge is 0.142 e. The lowest BCUT2D eigenvalue weighted by molar-refractivity contribution is 0.416. The molecule has 98 valence electrons. The van der Waals surface area contributed by atoms with Crippen molar-refractivity contribution in [3.05, 3.63) is 58.6 Å². The van der Waals surface area contributed by atoms with E-state index in [1.165, 1.54) is 11.1 Å². The normalized spacial score (nSPS) is 17.1. The fraction of sp³-hybridized carbons (Fsp3) is 0.250. The first kappa shape index (κ1) is 12.4. The molecule has 1 aliphatic carbocycles. The van der Waals surface area contributed by atoms with Crippen molar-refractivity contribution in [2.75, 3.05) is 12.4 Å². The molecule has 3 heteroatoms. The minimum atomic E-state index is 0.337. The number of hydrogen-bond acceptors (Lipinski definition) is 2. The second kappa shape index (κ2) is 5.14. The zero-order valence-corrected chi connectivity index (χ0v) is 11.6. The summed E-state index contributed by atoms with van der Waals surface area (Å²) in [5.41, 5.74) is 3.77. The molecule has 2 aromatic carbocycles. The summed E-state index contributed by atoms with van der Waals surface area (Å²) in [7, 11) is 1.68. The molecule has 0 bridgehead atoms. The number of fused-ring (bicyclic) bond motifs is 1. The first-order valence-corrected chi connectivity index (χ1v) is 6.83. The van der Waals surface area contributed by atoms with Crippen molar-refractivity contribution in [3.8, 4) is 5.75 Å². The molecule has 0 saturated heterocycles. The van der Waals surface area contributed by atoms with E-state index in [-0.39, 0.29) is 0 Å². The van der Waals surface area contributed by atoms with E-state index in [1.54, 1.807) is 7.11 Å². The summed E-state index contributed by atoms with van der Waals surface area (Å²) >= 11 is 6.06. The zero-order valence-electron chi connectivity index (χ0n) is 10.8. The molecule has 0 aromatic heterocycles. The van der Waals surface area contributed by atoms with Crippen LogP contribution >= 0.6 is 11.6 Å². The Morgan fingerprint density at radius 3 is 2.89 bits per heavy atom. The maximum Gasteiger partial charge on any atom is 0.142 e. The van der Waals surface area contributed by atoms with E-state index in [2.05, 4.69) is 29.6 Å². The third-order valence-electron chi connectivity index (χ3n) is 3.62. The van der Waals surface area contributed by atoms with Crippen LogP contribution in [0.15, 0.2) is 42.5 Å². The van der Waals surface area contributed by atoms with Crippen LogP contribution in [-0.2, 0) is 6.42 Å². The van der Waals surface area contributed by atoms with Gasteiger partial charge < -0.3 is 10.1 Å². The SMILES string of the molecule is COc1ccc(Cl)cc1NC1CCc2ccccc21. The lowest BCUT2D eigenvalue weighted by Gasteiger charge is -2.18. The highest BCUT2D eigenvalue weighted by Gasteiger charge is 2.22. The van der Waals surface area contributed by atoms with Crippen molar-refractivity contribution in [2.45, 2.75) is 18.9 Å². The molecular weight excluding hydrogens is 258 g/mol. The Labute approximate surface area is 118 Å². The van der Waals surface area contributed by atoms with Gasteiger partial charge in [-0.15, -0.1) is 0 Å². The van der Waals surface area contributed by atoms with Gasteiger partial charge in [-0.05, 0) is 42.2 Å². The number of anilines is 1. The first-order valence-electron chi connectivity index (χ1n) is 6.46. The Kier molecular flexibility index (Phi) is 3.34. The van der Waals surface area contributed by atoms with Gasteiger partial charge in [-0.2, -0.15) is 0 Å². The van der Waals surface area contributed by atoms with Crippen LogP contribution in [0.1, 0.15) is 23.6 Å². The Hall–Kier alpha value is -1.67. The molecule has 0 spiro atoms. The van der Waals surface area contributed by atoms with Gasteiger partial charge in [0.15, 0.2) is 0 Å². The number of rotatable bonds is 3. The number of aryl methyl sites for hydroxylation is 1. The highest BCUT2D eigenvalue weighted by molar-refractivity contribution is 6.30. The summed E-state index contributed by atoms with van der Waals surface area (Å²) in [5, 5.41) is 4.27. The Bertz CT molecular complexity index is 597. The Morgan fingerprint density at radius 1 is 1.21 bits per heavy atom. The number of benzene rings is 2. The molecule has 1 atom stereocenters. The third-order valence-corrected chi connectivity index (χ3v) is 3.86. The number of nitrogens with one attached hydrogen (secondary N) is 1. The topological polar surface area (TPSA) is 21.3 Å². The van der Waals surface area contributed by atoms with Crippen molar-refractivity contribution in [3.63, 3.8) is 0 Å². The van der Waals surface area contributed by atoms with Gasteiger partial charge in [0.2, 0.25) is 0 Å². The second-order valence-electron chi connectivity index (χ2n) is 4.78. The molecule has 3 rings (SSSR count). The van der Waals surface area contributed by atoms with Crippen molar-refractivity contribution in [1.82, 2.24) is 0 Å². The first-order chi connectivity index (χ1) is 9.28. The van der Waals surface area contributed by atoms with Crippen LogP contribution in [0.3, 0.4) is 0 Å². The van der Waals surface area contributed by atoms with Gasteiger partial charge in [-0.1, -0.05) is 35.9 Å². The fourth-order valence-corrected chi connectivity index (χ4v) is 2.86. The predicted molar refractivity (Wildman–Crippen MR) is 79.1 cm³/mol. The molecule has 2 nitrogen and oxygen atoms in total. The van der Waals surface area contributed by atoms with Crippen LogP contribution < -0.4 is 10.1 Å². The molecule has 0 amide bonds. The van der Waals surface area contributed by atoms with E-state index >= 15 is 0 Å². The van der Waals surface area contributed by atoms with Gasteiger partial charge in [0.25, 0.3) is 0 Å². The average Bonchev–Trinajstić information content (AvgIpc) is 2.83. The molecule has 19 heavy (non-hydrogen) atoms. The van der Waals surface area contributed by atoms with Crippen molar-refractivity contribution in [1.29, 1.82) is 0 Å². The molecule has 1 unspecified atom stereocenters. The summed E-state index contributed by atoms with van der Waals surface area (Å²) in [6, 6.07) is 14.6. The van der Waals surface area contributed by atoms with Crippen LogP contribution in [0.2, 0.25) is 5.02 Å². The van der Waals surface area contributed by atoms with Crippen molar-refractivity contribution in [2.24, 2.45) is 0 Å². The summed E-state index contributed by atoms with van der Waals surface area (Å²) in [4.78, 5) is 0. The zero-order chi connectivity index (χ0) is 13.2. The van der Waals surface area contributed by atoms with Gasteiger partial charge in [0.05, 0.1) is 18.8 Å². The van der Waals surface area contributed by atoms with Gasteiger partial charge in [-0.3, -0.25) is 0 Å². The van der Waals surface area contributed by atoms with Crippen molar-refractivity contribution < 1.29 is 4.74 Å². The summed E-state index contributed by atoms with van der Waals surface area (Å²) in [5.74, 6) is 0.828. The van der Waals surface area contributed by atoms with Crippen LogP contribution in [0, 0.1) is 0 Å². The van der Waals surface area contributed by atoms with E-state index in [9.17, 15) is 0 Å². The highest BCUT2D eigenvalue weighted by atomic mass is 35.5. The van der Waals surface area contributed by atoms with Crippen LogP contribution in [0.25, 0.3) is 0 Å². The number of halogens is 1. The monoisotopic (exact) mass is 273 g/mol. The molecular formula is C16H16ClNO. The average molecular weight is 274 g/mol. The number of ether oxygens (including phenoxy) is 1. The van der Waals surface area contributed by atoms with Gasteiger partial charge in [-0.25, -0.2) is 0 Å². The van der Waals surface area contributed by atoms with E-state index < -0.39 is 0 Å². The van der Waals surface area contributed by atoms with E-state index in [1.807, 2.05) is 18.2 Å². The van der Waals surface area contributed by atoms with Crippen molar-refractivity contribution >= 4 is 17.3 Å². The maximum absolute atomic E-state index is 6.06. The van der Waals surface area contributed by atoms with E-state index in [0.29, 0.717) is 6.04 Å². The van der Waals surface area contributed by atoms with Crippen LogP contribution in [-0.4, -0.2) is 7.11 Å². The van der Waals surface area contributed by atoms with Gasteiger partial charge >= 0.3 is 0 Å². The quantitative estimate of drug-likeness (QED) is 0.892. The molecule has 2 aromatic rings. The fourth-order valence-electron chi connectivity index (χ4n) is 2.69. The van der Waals surface area contributed by atoms with Gasteiger partial charge in [0.1, 0.15) is 5.75 Å². The minimum Gasteiger partial charge on any atom is -0.495 e. The predicted octanol–water partition coefficient (Wildman–Crippen LogP) is 4.45. The Balaban J connectivity index is 1.89. The minimum absolute atomic E-state index is 0.337. The summed E-state index contributed by atoms with van der Waals surface area (Å²) < 4.78 is 5.38. The third kappa shape index (κ3) is 2.41. The maximum atomic E-state index is 6.06. The number of methoxy groups -OCH3 is 1.